The number of nitrogens with two attached hydrogens (primary N) is 1. The van der Waals surface area contributed by atoms with E-state index in [-0.39, 0.29) is 12.4 Å². The number of rotatable bonds is 8. The van der Waals surface area contributed by atoms with Gasteiger partial charge in [0.05, 0.1) is 19.3 Å². The summed E-state index contributed by atoms with van der Waals surface area (Å²) in [6.45, 7) is 4.80. The zero-order valence-electron chi connectivity index (χ0n) is 11.5. The van der Waals surface area contributed by atoms with E-state index in [4.69, 9.17) is 15.2 Å². The summed E-state index contributed by atoms with van der Waals surface area (Å²) < 4.78 is 24.7. The molecule has 0 fully saturated rings. The van der Waals surface area contributed by atoms with Gasteiger partial charge in [0.1, 0.15) is 5.82 Å². The second kappa shape index (κ2) is 7.96. The summed E-state index contributed by atoms with van der Waals surface area (Å²) in [5.74, 6) is 0.587. The summed E-state index contributed by atoms with van der Waals surface area (Å²) in [5.41, 5.74) is 5.83. The van der Waals surface area contributed by atoms with Gasteiger partial charge in [-0.2, -0.15) is 0 Å². The minimum Gasteiger partial charge on any atom is -0.490 e. The Morgan fingerprint density at radius 1 is 1.21 bits per heavy atom. The van der Waals surface area contributed by atoms with Gasteiger partial charge in [-0.1, -0.05) is 0 Å². The highest BCUT2D eigenvalue weighted by Crippen LogP contribution is 2.31. The fraction of sp³-hybridized carbons (Fsp3) is 0.571. The van der Waals surface area contributed by atoms with Crippen LogP contribution in [0.1, 0.15) is 25.8 Å². The van der Waals surface area contributed by atoms with E-state index in [0.29, 0.717) is 43.1 Å². The molecule has 0 aromatic heterocycles. The molecule has 1 unspecified atom stereocenters. The zero-order chi connectivity index (χ0) is 14.3. The Kier molecular flexibility index (Phi) is 6.59. The molecule has 0 amide bonds. The Bertz CT molecular complexity index is 399. The van der Waals surface area contributed by atoms with E-state index in [9.17, 15) is 9.50 Å². The number of aliphatic hydroxyl groups is 1. The second-order valence-electron chi connectivity index (χ2n) is 4.18. The third-order valence-electron chi connectivity index (χ3n) is 2.73. The SMILES string of the molecule is CCOc1cc(F)c(CCC(O)CN)cc1OCC. The van der Waals surface area contributed by atoms with Crippen molar-refractivity contribution in [2.75, 3.05) is 19.8 Å². The lowest BCUT2D eigenvalue weighted by Crippen LogP contribution is -2.20. The van der Waals surface area contributed by atoms with E-state index in [2.05, 4.69) is 0 Å². The summed E-state index contributed by atoms with van der Waals surface area (Å²) in [4.78, 5) is 0. The Morgan fingerprint density at radius 2 is 1.79 bits per heavy atom. The standard InChI is InChI=1S/C14H22FNO3/c1-3-18-13-7-10(5-6-11(17)9-16)12(15)8-14(13)19-4-2/h7-8,11,17H,3-6,9,16H2,1-2H3. The molecule has 1 aromatic rings. The fourth-order valence-corrected chi connectivity index (χ4v) is 1.75. The molecular weight excluding hydrogens is 249 g/mol. The first-order valence-electron chi connectivity index (χ1n) is 6.58. The van der Waals surface area contributed by atoms with Crippen molar-refractivity contribution in [1.82, 2.24) is 0 Å². The molecule has 5 heteroatoms. The molecule has 1 rings (SSSR count). The van der Waals surface area contributed by atoms with Crippen LogP contribution in [0, 0.1) is 5.82 Å². The molecule has 0 radical (unpaired) electrons. The molecule has 0 aliphatic heterocycles. The Balaban J connectivity index is 2.89. The lowest BCUT2D eigenvalue weighted by atomic mass is 10.1. The number of aryl methyl sites for hydroxylation is 1. The Labute approximate surface area is 113 Å². The topological polar surface area (TPSA) is 64.7 Å². The Hall–Kier alpha value is -1.33. The van der Waals surface area contributed by atoms with E-state index >= 15 is 0 Å². The van der Waals surface area contributed by atoms with Crippen molar-refractivity contribution in [3.05, 3.63) is 23.5 Å². The molecule has 0 saturated heterocycles. The molecule has 0 aliphatic rings. The molecular formula is C14H22FNO3. The number of hydrogen-bond acceptors (Lipinski definition) is 4. The van der Waals surface area contributed by atoms with Gasteiger partial charge >= 0.3 is 0 Å². The quantitative estimate of drug-likeness (QED) is 0.757. The van der Waals surface area contributed by atoms with E-state index in [1.807, 2.05) is 13.8 Å². The monoisotopic (exact) mass is 271 g/mol. The number of ether oxygens (including phenoxy) is 2. The van der Waals surface area contributed by atoms with Gasteiger partial charge in [0, 0.05) is 12.6 Å². The number of halogens is 1. The first kappa shape index (κ1) is 15.7. The van der Waals surface area contributed by atoms with Gasteiger partial charge in [-0.25, -0.2) is 4.39 Å². The van der Waals surface area contributed by atoms with Crippen LogP contribution in [0.3, 0.4) is 0 Å². The van der Waals surface area contributed by atoms with E-state index < -0.39 is 6.10 Å². The van der Waals surface area contributed by atoms with Crippen LogP contribution < -0.4 is 15.2 Å². The van der Waals surface area contributed by atoms with Crippen LogP contribution in [-0.4, -0.2) is 31.0 Å². The number of hydrogen-bond donors (Lipinski definition) is 2. The third-order valence-corrected chi connectivity index (χ3v) is 2.73. The minimum atomic E-state index is -0.610. The number of benzene rings is 1. The Morgan fingerprint density at radius 3 is 2.32 bits per heavy atom. The van der Waals surface area contributed by atoms with E-state index in [1.165, 1.54) is 6.07 Å². The third kappa shape index (κ3) is 4.69. The fourth-order valence-electron chi connectivity index (χ4n) is 1.75. The summed E-state index contributed by atoms with van der Waals surface area (Å²) in [7, 11) is 0. The van der Waals surface area contributed by atoms with Crippen LogP contribution in [0.15, 0.2) is 12.1 Å². The maximum absolute atomic E-state index is 13.9. The van der Waals surface area contributed by atoms with Crippen LogP contribution in [0.5, 0.6) is 11.5 Å². The van der Waals surface area contributed by atoms with Gasteiger partial charge in [0.25, 0.3) is 0 Å². The van der Waals surface area contributed by atoms with Gasteiger partial charge in [-0.05, 0) is 38.3 Å². The second-order valence-corrected chi connectivity index (χ2v) is 4.18. The zero-order valence-corrected chi connectivity index (χ0v) is 11.5. The van der Waals surface area contributed by atoms with Crippen molar-refractivity contribution < 1.29 is 19.0 Å². The van der Waals surface area contributed by atoms with E-state index in [0.717, 1.165) is 0 Å². The highest BCUT2D eigenvalue weighted by Gasteiger charge is 2.13. The van der Waals surface area contributed by atoms with Crippen LogP contribution >= 0.6 is 0 Å². The molecule has 4 nitrogen and oxygen atoms in total. The molecule has 0 heterocycles. The molecule has 19 heavy (non-hydrogen) atoms. The predicted octanol–water partition coefficient (Wildman–Crippen LogP) is 1.88. The molecule has 0 saturated carbocycles. The molecule has 3 N–H and O–H groups in total. The molecule has 1 aromatic carbocycles. The molecule has 0 spiro atoms. The van der Waals surface area contributed by atoms with Crippen molar-refractivity contribution >= 4 is 0 Å². The molecule has 0 aliphatic carbocycles. The van der Waals surface area contributed by atoms with Crippen LogP contribution in [-0.2, 0) is 6.42 Å². The lowest BCUT2D eigenvalue weighted by Gasteiger charge is -2.14. The average molecular weight is 271 g/mol. The van der Waals surface area contributed by atoms with Crippen LogP contribution in [0.4, 0.5) is 4.39 Å². The van der Waals surface area contributed by atoms with Gasteiger partial charge in [-0.3, -0.25) is 0 Å². The highest BCUT2D eigenvalue weighted by atomic mass is 19.1. The van der Waals surface area contributed by atoms with Crippen LogP contribution in [0.25, 0.3) is 0 Å². The smallest absolute Gasteiger partial charge is 0.164 e. The van der Waals surface area contributed by atoms with Gasteiger partial charge < -0.3 is 20.3 Å². The summed E-state index contributed by atoms with van der Waals surface area (Å²) in [6, 6.07) is 2.96. The van der Waals surface area contributed by atoms with E-state index in [1.54, 1.807) is 6.07 Å². The van der Waals surface area contributed by atoms with Crippen molar-refractivity contribution in [3.8, 4) is 11.5 Å². The first-order chi connectivity index (χ1) is 9.12. The number of aliphatic hydroxyl groups excluding tert-OH is 1. The summed E-state index contributed by atoms with van der Waals surface area (Å²) in [5, 5.41) is 9.42. The largest absolute Gasteiger partial charge is 0.490 e. The van der Waals surface area contributed by atoms with Crippen molar-refractivity contribution in [2.45, 2.75) is 32.8 Å². The van der Waals surface area contributed by atoms with Gasteiger partial charge in [0.2, 0.25) is 0 Å². The maximum atomic E-state index is 13.9. The lowest BCUT2D eigenvalue weighted by molar-refractivity contribution is 0.172. The first-order valence-corrected chi connectivity index (χ1v) is 6.58. The average Bonchev–Trinajstić information content (AvgIpc) is 2.40. The van der Waals surface area contributed by atoms with Gasteiger partial charge in [0.15, 0.2) is 11.5 Å². The minimum absolute atomic E-state index is 0.178. The van der Waals surface area contributed by atoms with Crippen molar-refractivity contribution in [3.63, 3.8) is 0 Å². The normalized spacial score (nSPS) is 12.3. The summed E-state index contributed by atoms with van der Waals surface area (Å²) >= 11 is 0. The summed E-state index contributed by atoms with van der Waals surface area (Å²) in [6.07, 6.45) is 0.227. The predicted molar refractivity (Wildman–Crippen MR) is 72.1 cm³/mol. The van der Waals surface area contributed by atoms with Gasteiger partial charge in [-0.15, -0.1) is 0 Å². The van der Waals surface area contributed by atoms with Crippen molar-refractivity contribution in [1.29, 1.82) is 0 Å². The highest BCUT2D eigenvalue weighted by molar-refractivity contribution is 5.44. The molecule has 108 valence electrons. The molecule has 1 atom stereocenters. The molecule has 0 bridgehead atoms. The van der Waals surface area contributed by atoms with Crippen LogP contribution in [0.2, 0.25) is 0 Å². The maximum Gasteiger partial charge on any atom is 0.164 e. The van der Waals surface area contributed by atoms with Crippen molar-refractivity contribution in [2.24, 2.45) is 5.73 Å².